The summed E-state index contributed by atoms with van der Waals surface area (Å²) in [4.78, 5) is 7.22. The van der Waals surface area contributed by atoms with Gasteiger partial charge in [-0.2, -0.15) is 0 Å². The summed E-state index contributed by atoms with van der Waals surface area (Å²) < 4.78 is 11.6. The van der Waals surface area contributed by atoms with Gasteiger partial charge in [-0.15, -0.1) is 10.2 Å². The molecule has 1 saturated heterocycles. The lowest BCUT2D eigenvalue weighted by Gasteiger charge is -2.33. The Morgan fingerprint density at radius 1 is 1.19 bits per heavy atom. The van der Waals surface area contributed by atoms with Crippen LogP contribution in [0.15, 0.2) is 24.3 Å². The summed E-state index contributed by atoms with van der Waals surface area (Å²) in [5.41, 5.74) is 6.07. The molecular weight excluding hydrogens is 410 g/mol. The first-order valence-corrected chi connectivity index (χ1v) is 11.3. The number of rotatable bonds is 6. The molecule has 2 aromatic heterocycles. The molecule has 0 unspecified atom stereocenters. The summed E-state index contributed by atoms with van der Waals surface area (Å²) in [5, 5.41) is 13.1. The van der Waals surface area contributed by atoms with E-state index in [0.29, 0.717) is 6.61 Å². The highest BCUT2D eigenvalue weighted by Gasteiger charge is 2.24. The second-order valence-corrected chi connectivity index (χ2v) is 9.10. The molecule has 4 rings (SSSR count). The first kappa shape index (κ1) is 21.7. The van der Waals surface area contributed by atoms with Gasteiger partial charge in [0.05, 0.1) is 19.4 Å². The molecule has 1 aromatic carbocycles. The quantitative estimate of drug-likeness (QED) is 0.606. The van der Waals surface area contributed by atoms with E-state index in [4.69, 9.17) is 14.5 Å². The Morgan fingerprint density at radius 3 is 2.77 bits per heavy atom. The van der Waals surface area contributed by atoms with Gasteiger partial charge < -0.3 is 14.8 Å². The molecule has 0 aliphatic carbocycles. The van der Waals surface area contributed by atoms with Crippen molar-refractivity contribution in [3.63, 3.8) is 0 Å². The summed E-state index contributed by atoms with van der Waals surface area (Å²) in [7, 11) is 1.73. The highest BCUT2D eigenvalue weighted by Crippen LogP contribution is 2.30. The summed E-state index contributed by atoms with van der Waals surface area (Å²) in [5.74, 6) is 1.71. The zero-order valence-corrected chi connectivity index (χ0v) is 19.5. The fraction of sp³-hybridized carbons (Fsp3) is 0.435. The van der Waals surface area contributed by atoms with Crippen LogP contribution in [-0.2, 0) is 11.3 Å². The Kier molecular flexibility index (Phi) is 6.50. The Labute approximate surface area is 187 Å². The van der Waals surface area contributed by atoms with E-state index < -0.39 is 0 Å². The molecule has 0 saturated carbocycles. The summed E-state index contributed by atoms with van der Waals surface area (Å²) in [6.07, 6.45) is -0.0633. The second-order valence-electron chi connectivity index (χ2n) is 7.92. The second kappa shape index (κ2) is 9.30. The molecule has 0 radical (unpaired) electrons. The van der Waals surface area contributed by atoms with Gasteiger partial charge in [-0.25, -0.2) is 4.98 Å². The van der Waals surface area contributed by atoms with E-state index in [1.54, 1.807) is 7.11 Å². The van der Waals surface area contributed by atoms with Gasteiger partial charge in [-0.05, 0) is 68.1 Å². The molecule has 1 aliphatic rings. The summed E-state index contributed by atoms with van der Waals surface area (Å²) >= 11 is 1.51. The van der Waals surface area contributed by atoms with Crippen LogP contribution in [0.25, 0.3) is 0 Å². The van der Waals surface area contributed by atoms with Crippen LogP contribution >= 0.6 is 11.3 Å². The molecule has 1 aliphatic heterocycles. The molecule has 0 bridgehead atoms. The normalized spacial score (nSPS) is 17.0. The number of benzene rings is 1. The maximum Gasteiger partial charge on any atom is 0.211 e. The van der Waals surface area contributed by atoms with E-state index in [9.17, 15) is 0 Å². The minimum Gasteiger partial charge on any atom is -0.496 e. The molecule has 31 heavy (non-hydrogen) atoms. The average Bonchev–Trinajstić information content (AvgIpc) is 3.18. The summed E-state index contributed by atoms with van der Waals surface area (Å²) in [6, 6.07) is 8.11. The lowest BCUT2D eigenvalue weighted by molar-refractivity contribution is -0.0350. The largest absolute Gasteiger partial charge is 0.496 e. The van der Waals surface area contributed by atoms with Crippen LogP contribution in [0.4, 0.5) is 10.9 Å². The van der Waals surface area contributed by atoms with Crippen molar-refractivity contribution in [1.82, 2.24) is 20.1 Å². The van der Waals surface area contributed by atoms with Crippen molar-refractivity contribution in [3.8, 4) is 5.75 Å². The first-order valence-electron chi connectivity index (χ1n) is 10.5. The highest BCUT2D eigenvalue weighted by molar-refractivity contribution is 7.15. The van der Waals surface area contributed by atoms with Crippen LogP contribution in [0, 0.1) is 27.7 Å². The average molecular weight is 440 g/mol. The number of ether oxygens (including phenoxy) is 2. The summed E-state index contributed by atoms with van der Waals surface area (Å²) in [6.45, 7) is 11.7. The third kappa shape index (κ3) is 4.87. The minimum atomic E-state index is -0.0633. The molecule has 0 amide bonds. The number of pyridine rings is 1. The maximum atomic E-state index is 6.08. The molecule has 0 spiro atoms. The Hall–Kier alpha value is -2.55. The number of aromatic nitrogens is 3. The maximum absolute atomic E-state index is 6.08. The van der Waals surface area contributed by atoms with E-state index in [1.807, 2.05) is 25.1 Å². The van der Waals surface area contributed by atoms with Crippen molar-refractivity contribution < 1.29 is 9.47 Å². The van der Waals surface area contributed by atoms with Crippen LogP contribution < -0.4 is 10.1 Å². The van der Waals surface area contributed by atoms with E-state index in [-0.39, 0.29) is 6.10 Å². The first-order chi connectivity index (χ1) is 14.9. The van der Waals surface area contributed by atoms with Gasteiger partial charge in [-0.1, -0.05) is 17.4 Å². The van der Waals surface area contributed by atoms with Crippen molar-refractivity contribution in [1.29, 1.82) is 0 Å². The van der Waals surface area contributed by atoms with Crippen LogP contribution in [0.1, 0.15) is 39.1 Å². The minimum absolute atomic E-state index is 0.0633. The van der Waals surface area contributed by atoms with Crippen molar-refractivity contribution in [2.75, 3.05) is 32.1 Å². The number of nitrogens with one attached hydrogen (secondary N) is 1. The number of anilines is 2. The number of aryl methyl sites for hydroxylation is 2. The number of nitrogens with zero attached hydrogens (tertiary/aromatic N) is 4. The van der Waals surface area contributed by atoms with E-state index in [0.717, 1.165) is 47.0 Å². The topological polar surface area (TPSA) is 72.4 Å². The molecule has 1 fully saturated rings. The lowest BCUT2D eigenvalue weighted by atomic mass is 9.96. The monoisotopic (exact) mass is 439 g/mol. The third-order valence-corrected chi connectivity index (χ3v) is 6.58. The molecule has 7 nitrogen and oxygen atoms in total. The fourth-order valence-corrected chi connectivity index (χ4v) is 4.56. The third-order valence-electron chi connectivity index (χ3n) is 5.82. The van der Waals surface area contributed by atoms with Gasteiger partial charge in [0.2, 0.25) is 5.13 Å². The van der Waals surface area contributed by atoms with E-state index in [2.05, 4.69) is 47.3 Å². The van der Waals surface area contributed by atoms with Crippen molar-refractivity contribution >= 4 is 22.3 Å². The van der Waals surface area contributed by atoms with Crippen molar-refractivity contribution in [3.05, 3.63) is 57.2 Å². The number of methoxy groups -OCH3 is 1. The fourth-order valence-electron chi connectivity index (χ4n) is 3.96. The van der Waals surface area contributed by atoms with Crippen LogP contribution in [0.2, 0.25) is 0 Å². The van der Waals surface area contributed by atoms with Gasteiger partial charge >= 0.3 is 0 Å². The number of hydrogen-bond donors (Lipinski definition) is 1. The predicted octanol–water partition coefficient (Wildman–Crippen LogP) is 4.49. The van der Waals surface area contributed by atoms with Gasteiger partial charge in [0.25, 0.3) is 0 Å². The van der Waals surface area contributed by atoms with Crippen molar-refractivity contribution in [2.45, 2.75) is 40.3 Å². The SMILES string of the molecule is COc1cc(C)c(CN2CCO[C@H](c3cccc(Nc4nnc(C)s4)n3)C2)c(C)c1C. The van der Waals surface area contributed by atoms with E-state index in [1.165, 1.54) is 33.6 Å². The molecule has 164 valence electrons. The van der Waals surface area contributed by atoms with Crippen LogP contribution in [0.5, 0.6) is 5.75 Å². The molecule has 8 heteroatoms. The lowest BCUT2D eigenvalue weighted by Crippen LogP contribution is -2.38. The molecule has 1 atom stereocenters. The molecular formula is C23H29N5O2S. The molecule has 3 aromatic rings. The highest BCUT2D eigenvalue weighted by atomic mass is 32.1. The standard InChI is InChI=1S/C23H29N5O2S/c1-14-11-20(29-5)16(3)15(2)18(14)12-28-9-10-30-21(13-28)19-7-6-8-22(24-19)25-23-27-26-17(4)31-23/h6-8,11,21H,9-10,12-13H2,1-5H3,(H,24,25,27)/t21-/m0/s1. The van der Waals surface area contributed by atoms with Gasteiger partial charge in [0, 0.05) is 19.6 Å². The zero-order valence-electron chi connectivity index (χ0n) is 18.7. The van der Waals surface area contributed by atoms with E-state index >= 15 is 0 Å². The predicted molar refractivity (Wildman–Crippen MR) is 123 cm³/mol. The Morgan fingerprint density at radius 2 is 2.03 bits per heavy atom. The Balaban J connectivity index is 1.48. The van der Waals surface area contributed by atoms with Gasteiger partial charge in [0.1, 0.15) is 22.7 Å². The van der Waals surface area contributed by atoms with Crippen molar-refractivity contribution in [2.24, 2.45) is 0 Å². The van der Waals surface area contributed by atoms with Crippen LogP contribution in [0.3, 0.4) is 0 Å². The molecule has 1 N–H and O–H groups in total. The van der Waals surface area contributed by atoms with Gasteiger partial charge in [0.15, 0.2) is 0 Å². The zero-order chi connectivity index (χ0) is 22.0. The number of morpholine rings is 1. The number of hydrogen-bond acceptors (Lipinski definition) is 8. The Bertz CT molecular complexity index is 1070. The van der Waals surface area contributed by atoms with Gasteiger partial charge in [-0.3, -0.25) is 4.90 Å². The molecule has 3 heterocycles. The van der Waals surface area contributed by atoms with Crippen LogP contribution in [-0.4, -0.2) is 46.9 Å². The smallest absolute Gasteiger partial charge is 0.211 e.